The summed E-state index contributed by atoms with van der Waals surface area (Å²) in [6.07, 6.45) is 1.30. The van der Waals surface area contributed by atoms with Gasteiger partial charge in [0.1, 0.15) is 5.97 Å². The van der Waals surface area contributed by atoms with E-state index in [1.807, 2.05) is 0 Å². The standard InChI is InChI=1S/C10H16O4.C9HF13O4.C8F12O2.C6H12O2.C4H6O3.C3H6.CH4O.K/c1-10(9(11)12-2)13-7-5-3-4-6-8(7)14-10;10-3(11)4(12,13)6(16,17)8(19)7(18,5(3,14)15)25-2(26-8,1(23)24)9(20,21)22;9-1(10)2-21-7(19)5(15,16)3(11,12)4(13,14)6(17,18)8(7,20)22-2;7-5-3-1-2-4-6(5)8;1-3(5)4(6)7-2;1-2-3-1;1-2;/h7-8H,3-6H2,1-2H3;(H,23,24);;5-8H,1-4H2;1-2H3;1-3H2;2H,1H3;/q;;;;;;;+1/p-1. The van der Waals surface area contributed by atoms with Crippen LogP contribution in [0.4, 0.5) is 110 Å². The Kier molecular flexibility index (Phi) is 24.4. The average molecular weight is 1310 g/mol. The molecule has 8 aliphatic rings. The number of ether oxygens (including phenoxy) is 8. The third-order valence-corrected chi connectivity index (χ3v) is 12.1. The van der Waals surface area contributed by atoms with Gasteiger partial charge in [-0.15, -0.1) is 0 Å². The molecule has 3 aliphatic heterocycles. The smallest absolute Gasteiger partial charge is 0.544 e. The first-order valence-corrected chi connectivity index (χ1v) is 22.5. The molecule has 0 aromatic heterocycles. The summed E-state index contributed by atoms with van der Waals surface area (Å²) >= 11 is 0. The molecule has 0 spiro atoms. The number of halogens is 25. The van der Waals surface area contributed by atoms with Gasteiger partial charge in [-0.25, -0.2) is 9.59 Å². The van der Waals surface area contributed by atoms with E-state index in [4.69, 9.17) is 24.8 Å². The normalized spacial score (nSPS) is 36.7. The van der Waals surface area contributed by atoms with Crippen molar-refractivity contribution in [2.75, 3.05) is 21.3 Å². The number of hydrogen-bond acceptors (Lipinski definition) is 16. The van der Waals surface area contributed by atoms with E-state index in [1.165, 1.54) is 33.5 Å². The molecule has 3 heterocycles. The van der Waals surface area contributed by atoms with E-state index in [9.17, 15) is 134 Å². The van der Waals surface area contributed by atoms with Gasteiger partial charge in [-0.1, -0.05) is 44.9 Å². The Bertz CT molecular complexity index is 2220. The monoisotopic (exact) mass is 1310 g/mol. The summed E-state index contributed by atoms with van der Waals surface area (Å²) in [6.45, 7) is 2.79. The zero-order chi connectivity index (χ0) is 64.7. The van der Waals surface area contributed by atoms with Crippen molar-refractivity contribution < 1.29 is 239 Å². The SMILES string of the molecule is C1CC1.CO.COC(=O)C(C)=O.COC(=O)C1(C)OC2CCCCC2O1.FC(F)=C1OC2(F)C(F)(F)C(F)(F)C(F)(F)C(F)(F)C2(F)O1.O=C([O-])C1(C(F)(F)F)OC2(F)C(F)(F)C(F)(F)C(F)(F)C(F)(F)C2(F)O1.OC1CCCCC1O.[K+]. The molecule has 0 aromatic carbocycles. The minimum Gasteiger partial charge on any atom is -0.544 e. The fraction of sp³-hybridized carbons (Fsp3) is 0.854. The maximum atomic E-state index is 14.1. The van der Waals surface area contributed by atoms with Gasteiger partial charge in [0.25, 0.3) is 5.79 Å². The second kappa shape index (κ2) is 26.0. The molecular formula is C41H44F25KO16. The Morgan fingerprint density at radius 3 is 1.01 bits per heavy atom. The molecule has 8 rings (SSSR count). The number of aliphatic hydroxyl groups excluding tert-OH is 3. The molecule has 5 aliphatic carbocycles. The van der Waals surface area contributed by atoms with Gasteiger partial charge in [-0.3, -0.25) is 14.3 Å². The minimum absolute atomic E-state index is 0. The first-order valence-electron chi connectivity index (χ1n) is 22.5. The summed E-state index contributed by atoms with van der Waals surface area (Å²) in [5.74, 6) is -101. The number of carbonyl (C=O) groups excluding carboxylic acids is 4. The van der Waals surface area contributed by atoms with Crippen LogP contribution in [0.3, 0.4) is 0 Å². The van der Waals surface area contributed by atoms with Gasteiger partial charge in [0, 0.05) is 21.0 Å². The summed E-state index contributed by atoms with van der Waals surface area (Å²) in [4.78, 5) is 41.7. The average Bonchev–Trinajstić information content (AvgIpc) is 4.11. The van der Waals surface area contributed by atoms with Crippen LogP contribution in [0, 0.1) is 0 Å². The number of alkyl halides is 23. The fourth-order valence-corrected chi connectivity index (χ4v) is 7.46. The molecule has 83 heavy (non-hydrogen) atoms. The maximum Gasteiger partial charge on any atom is 1.00 e. The molecule has 0 amide bonds. The topological polar surface area (TPSA) is 226 Å². The zero-order valence-corrected chi connectivity index (χ0v) is 45.8. The van der Waals surface area contributed by atoms with Gasteiger partial charge in [0.2, 0.25) is 5.78 Å². The molecule has 0 bridgehead atoms. The van der Waals surface area contributed by atoms with Crippen molar-refractivity contribution in [1.29, 1.82) is 0 Å². The minimum atomic E-state index is -7.55. The first-order chi connectivity index (χ1) is 36.8. The van der Waals surface area contributed by atoms with Crippen LogP contribution in [0.25, 0.3) is 0 Å². The number of rotatable bonds is 3. The van der Waals surface area contributed by atoms with Crippen LogP contribution in [0.15, 0.2) is 12.0 Å². The number of esters is 2. The van der Waals surface area contributed by atoms with Crippen molar-refractivity contribution >= 4 is 23.7 Å². The van der Waals surface area contributed by atoms with Crippen molar-refractivity contribution in [1.82, 2.24) is 0 Å². The molecular weight excluding hydrogens is 1260 g/mol. The summed E-state index contributed by atoms with van der Waals surface area (Å²) in [5.41, 5.74) is 0. The van der Waals surface area contributed by atoms with E-state index in [0.717, 1.165) is 65.4 Å². The van der Waals surface area contributed by atoms with Crippen LogP contribution in [0.5, 0.6) is 0 Å². The van der Waals surface area contributed by atoms with Crippen molar-refractivity contribution in [2.24, 2.45) is 0 Å². The molecule has 3 saturated heterocycles. The molecule has 8 unspecified atom stereocenters. The maximum absolute atomic E-state index is 14.1. The number of hydrogen-bond donors (Lipinski definition) is 3. The van der Waals surface area contributed by atoms with Gasteiger partial charge < -0.3 is 53.6 Å². The quantitative estimate of drug-likeness (QED) is 0.147. The van der Waals surface area contributed by atoms with E-state index in [-0.39, 0.29) is 63.6 Å². The molecule has 0 radical (unpaired) electrons. The Hall–Kier alpha value is -2.97. The van der Waals surface area contributed by atoms with Crippen LogP contribution < -0.4 is 56.5 Å². The summed E-state index contributed by atoms with van der Waals surface area (Å²) in [5, 5.41) is 35.3. The van der Waals surface area contributed by atoms with E-state index >= 15 is 0 Å². The van der Waals surface area contributed by atoms with Crippen molar-refractivity contribution in [3.63, 3.8) is 0 Å². The number of carbonyl (C=O) groups is 4. The first kappa shape index (κ1) is 78.0. The van der Waals surface area contributed by atoms with E-state index in [2.05, 4.69) is 28.4 Å². The Labute approximate surface area is 490 Å². The predicted molar refractivity (Wildman–Crippen MR) is 206 cm³/mol. The number of aliphatic carboxylic acids is 1. The van der Waals surface area contributed by atoms with Crippen LogP contribution in [-0.4, -0.2) is 173 Å². The van der Waals surface area contributed by atoms with Gasteiger partial charge in [0.05, 0.1) is 38.6 Å². The molecule has 480 valence electrons. The number of ketones is 1. The second-order valence-electron chi connectivity index (χ2n) is 17.9. The van der Waals surface area contributed by atoms with Crippen LogP contribution in [0.2, 0.25) is 0 Å². The largest absolute Gasteiger partial charge is 1.00 e. The Morgan fingerprint density at radius 2 is 0.807 bits per heavy atom. The van der Waals surface area contributed by atoms with Gasteiger partial charge in [-0.2, -0.15) is 110 Å². The number of aliphatic hydroxyl groups is 3. The van der Waals surface area contributed by atoms with E-state index in [1.54, 1.807) is 6.92 Å². The van der Waals surface area contributed by atoms with Crippen molar-refractivity contribution in [3.05, 3.63) is 12.0 Å². The van der Waals surface area contributed by atoms with E-state index < -0.39 is 136 Å². The number of carboxylic acids is 1. The van der Waals surface area contributed by atoms with Crippen LogP contribution in [-0.2, 0) is 57.1 Å². The number of Topliss-reactive ketones (excluding diaryl/α,β-unsaturated/α-hetero) is 1. The third kappa shape index (κ3) is 12.6. The molecule has 8 fully saturated rings. The van der Waals surface area contributed by atoms with Gasteiger partial charge >= 0.3 is 158 Å². The molecule has 16 nitrogen and oxygen atoms in total. The summed E-state index contributed by atoms with van der Waals surface area (Å²) < 4.78 is 358. The number of methoxy groups -OCH3 is 2. The predicted octanol–water partition coefficient (Wildman–Crippen LogP) is 4.96. The third-order valence-electron chi connectivity index (χ3n) is 12.1. The van der Waals surface area contributed by atoms with Crippen molar-refractivity contribution in [2.45, 2.75) is 197 Å². The van der Waals surface area contributed by atoms with Gasteiger partial charge in [0.15, 0.2) is 0 Å². The van der Waals surface area contributed by atoms with Crippen LogP contribution in [0.1, 0.15) is 84.5 Å². The number of fused-ring (bicyclic) bond motifs is 3. The van der Waals surface area contributed by atoms with Crippen molar-refractivity contribution in [3.8, 4) is 0 Å². The zero-order valence-electron chi connectivity index (χ0n) is 42.7. The second-order valence-corrected chi connectivity index (χ2v) is 17.9. The molecule has 5 saturated carbocycles. The van der Waals surface area contributed by atoms with E-state index in [0.29, 0.717) is 0 Å². The Morgan fingerprint density at radius 1 is 0.518 bits per heavy atom. The van der Waals surface area contributed by atoms with Gasteiger partial charge in [-0.05, 0) is 25.7 Å². The van der Waals surface area contributed by atoms with Crippen LogP contribution >= 0.6 is 0 Å². The number of carboxylic acid groups (broad SMARTS) is 1. The Balaban J connectivity index is 0.000000541. The molecule has 42 heteroatoms. The molecule has 0 aromatic rings. The molecule has 3 N–H and O–H groups in total. The molecule has 8 atom stereocenters. The summed E-state index contributed by atoms with van der Waals surface area (Å²) in [6, 6.07) is 0. The fourth-order valence-electron chi connectivity index (χ4n) is 7.46. The summed E-state index contributed by atoms with van der Waals surface area (Å²) in [7, 11) is 3.52.